The average molecular weight is 353 g/mol. The first-order valence-electron chi connectivity index (χ1n) is 6.87. The molecule has 0 spiro atoms. The number of carbonyl (C=O) groups is 1. The van der Waals surface area contributed by atoms with Gasteiger partial charge in [-0.25, -0.2) is 4.79 Å². The lowest BCUT2D eigenvalue weighted by atomic mass is 10.1. The van der Waals surface area contributed by atoms with Gasteiger partial charge in [-0.3, -0.25) is 0 Å². The Hall–Kier alpha value is -1.23. The summed E-state index contributed by atoms with van der Waals surface area (Å²) < 4.78 is 88.5. The molecule has 0 saturated carbocycles. The van der Waals surface area contributed by atoms with E-state index in [1.807, 2.05) is 0 Å². The van der Waals surface area contributed by atoms with E-state index in [1.54, 1.807) is 0 Å². The fourth-order valence-corrected chi connectivity index (χ4v) is 2.11. The average Bonchev–Trinajstić information content (AvgIpc) is 2.82. The highest BCUT2D eigenvalue weighted by atomic mass is 19.4. The third-order valence-electron chi connectivity index (χ3n) is 3.22. The summed E-state index contributed by atoms with van der Waals surface area (Å²) in [4.78, 5) is 10.3. The number of ether oxygens (including phenoxy) is 3. The third-order valence-corrected chi connectivity index (χ3v) is 3.22. The van der Waals surface area contributed by atoms with Crippen LogP contribution < -0.4 is 5.73 Å². The summed E-state index contributed by atoms with van der Waals surface area (Å²) in [6.45, 7) is -0.659. The second kappa shape index (κ2) is 7.56. The largest absolute Gasteiger partial charge is 0.453 e. The Morgan fingerprint density at radius 2 is 1.65 bits per heavy atom. The van der Waals surface area contributed by atoms with Gasteiger partial charge in [0.25, 0.3) is 0 Å². The predicted molar refractivity (Wildman–Crippen MR) is 64.3 cm³/mol. The monoisotopic (exact) mass is 353 g/mol. The maximum absolute atomic E-state index is 12.7. The van der Waals surface area contributed by atoms with Crippen LogP contribution in [0.4, 0.5) is 31.1 Å². The molecule has 1 heterocycles. The second-order valence-corrected chi connectivity index (χ2v) is 5.03. The van der Waals surface area contributed by atoms with E-state index in [4.69, 9.17) is 5.73 Å². The number of hydrogen-bond donors (Lipinski definition) is 1. The van der Waals surface area contributed by atoms with Crippen LogP contribution in [-0.4, -0.2) is 43.6 Å². The zero-order valence-electron chi connectivity index (χ0n) is 12.0. The van der Waals surface area contributed by atoms with Gasteiger partial charge in [-0.2, -0.15) is 26.3 Å². The maximum atomic E-state index is 12.7. The molecule has 0 aliphatic carbocycles. The van der Waals surface area contributed by atoms with E-state index in [0.29, 0.717) is 25.7 Å². The van der Waals surface area contributed by atoms with Gasteiger partial charge in [0, 0.05) is 0 Å². The van der Waals surface area contributed by atoms with Crippen molar-refractivity contribution >= 4 is 6.09 Å². The second-order valence-electron chi connectivity index (χ2n) is 5.03. The number of nitrogens with two attached hydrogens (primary N) is 1. The minimum absolute atomic E-state index is 0.00455. The summed E-state index contributed by atoms with van der Waals surface area (Å²) in [7, 11) is 0. The first kappa shape index (κ1) is 19.8. The molecular weight excluding hydrogens is 336 g/mol. The smallest absolute Gasteiger partial charge is 0.450 e. The Morgan fingerprint density at radius 3 is 2.13 bits per heavy atom. The predicted octanol–water partition coefficient (Wildman–Crippen LogP) is 3.27. The first-order chi connectivity index (χ1) is 10.5. The molecule has 11 heteroatoms. The quantitative estimate of drug-likeness (QED) is 0.563. The zero-order chi connectivity index (χ0) is 17.7. The maximum Gasteiger partial charge on any atom is 0.453 e. The molecule has 1 aliphatic heterocycles. The lowest BCUT2D eigenvalue weighted by molar-refractivity contribution is -0.443. The minimum atomic E-state index is -5.70. The normalized spacial score (nSPS) is 21.4. The number of halogens is 6. The molecule has 1 saturated heterocycles. The molecule has 0 aromatic rings. The van der Waals surface area contributed by atoms with Gasteiger partial charge >= 0.3 is 24.2 Å². The summed E-state index contributed by atoms with van der Waals surface area (Å²) >= 11 is 0. The Balaban J connectivity index is 2.35. The molecule has 5 nitrogen and oxygen atoms in total. The summed E-state index contributed by atoms with van der Waals surface area (Å²) in [5.41, 5.74) is 4.74. The Morgan fingerprint density at radius 1 is 1.09 bits per heavy atom. The Labute approximate surface area is 128 Å². The Bertz CT molecular complexity index is 384. The van der Waals surface area contributed by atoms with E-state index in [2.05, 4.69) is 14.2 Å². The van der Waals surface area contributed by atoms with Gasteiger partial charge in [-0.15, -0.1) is 0 Å². The van der Waals surface area contributed by atoms with Gasteiger partial charge in [0.05, 0.1) is 19.3 Å². The molecule has 1 atom stereocenters. The van der Waals surface area contributed by atoms with Crippen molar-refractivity contribution in [2.24, 2.45) is 5.73 Å². The van der Waals surface area contributed by atoms with Crippen LogP contribution >= 0.6 is 0 Å². The van der Waals surface area contributed by atoms with Crippen molar-refractivity contribution in [3.05, 3.63) is 0 Å². The summed E-state index contributed by atoms with van der Waals surface area (Å²) in [6, 6.07) is 0. The highest BCUT2D eigenvalue weighted by molar-refractivity contribution is 5.64. The summed E-state index contributed by atoms with van der Waals surface area (Å²) in [6.07, 6.45) is -11.6. The zero-order valence-corrected chi connectivity index (χ0v) is 12.0. The number of unbranched alkanes of at least 4 members (excludes halogenated alkanes) is 3. The van der Waals surface area contributed by atoms with Crippen LogP contribution in [0.25, 0.3) is 0 Å². The molecule has 1 fully saturated rings. The van der Waals surface area contributed by atoms with E-state index in [-0.39, 0.29) is 13.0 Å². The van der Waals surface area contributed by atoms with Crippen LogP contribution in [0.3, 0.4) is 0 Å². The third kappa shape index (κ3) is 5.13. The van der Waals surface area contributed by atoms with Crippen LogP contribution in [0.1, 0.15) is 32.1 Å². The molecule has 0 radical (unpaired) electrons. The molecule has 1 rings (SSSR count). The highest BCUT2D eigenvalue weighted by Crippen LogP contribution is 2.50. The van der Waals surface area contributed by atoms with E-state index in [9.17, 15) is 31.1 Å². The molecule has 0 bridgehead atoms. The number of rotatable bonds is 7. The highest BCUT2D eigenvalue weighted by Gasteiger charge is 2.77. The molecule has 23 heavy (non-hydrogen) atoms. The van der Waals surface area contributed by atoms with Crippen molar-refractivity contribution in [1.82, 2.24) is 0 Å². The molecule has 1 unspecified atom stereocenters. The standard InChI is InChI=1S/C12H17F6NO4/c13-11(14,15)10(12(16,17)18)22-7-8(23-10)5-3-1-2-4-6-21-9(19)20/h8H,1-7H2,(H2,19,20). The fraction of sp³-hybridized carbons (Fsp3) is 0.917. The van der Waals surface area contributed by atoms with Crippen LogP contribution in [0.15, 0.2) is 0 Å². The van der Waals surface area contributed by atoms with Gasteiger partial charge in [-0.1, -0.05) is 19.3 Å². The van der Waals surface area contributed by atoms with E-state index < -0.39 is 36.9 Å². The van der Waals surface area contributed by atoms with E-state index >= 15 is 0 Å². The molecular formula is C12H17F6NO4. The van der Waals surface area contributed by atoms with Crippen LogP contribution in [0, 0.1) is 0 Å². The molecule has 1 amide bonds. The van der Waals surface area contributed by atoms with Crippen molar-refractivity contribution in [1.29, 1.82) is 0 Å². The van der Waals surface area contributed by atoms with Gasteiger partial charge in [0.15, 0.2) is 0 Å². The number of amides is 1. The van der Waals surface area contributed by atoms with Crippen molar-refractivity contribution < 1.29 is 45.3 Å². The van der Waals surface area contributed by atoms with Crippen LogP contribution in [0.5, 0.6) is 0 Å². The van der Waals surface area contributed by atoms with E-state index in [1.165, 1.54) is 0 Å². The molecule has 136 valence electrons. The van der Waals surface area contributed by atoms with Gasteiger partial charge in [-0.05, 0) is 12.8 Å². The van der Waals surface area contributed by atoms with Gasteiger partial charge < -0.3 is 19.9 Å². The number of hydrogen-bond acceptors (Lipinski definition) is 4. The topological polar surface area (TPSA) is 70.8 Å². The molecule has 0 aromatic heterocycles. The lowest BCUT2D eigenvalue weighted by Crippen LogP contribution is -2.58. The van der Waals surface area contributed by atoms with Crippen molar-refractivity contribution in [2.45, 2.75) is 56.3 Å². The summed E-state index contributed by atoms with van der Waals surface area (Å²) in [5.74, 6) is -4.54. The number of alkyl halides is 6. The SMILES string of the molecule is NC(=O)OCCCCCCC1COC(C(F)(F)F)(C(F)(F)F)O1. The van der Waals surface area contributed by atoms with Crippen LogP contribution in [0.2, 0.25) is 0 Å². The van der Waals surface area contributed by atoms with Crippen molar-refractivity contribution in [3.8, 4) is 0 Å². The molecule has 0 aromatic carbocycles. The van der Waals surface area contributed by atoms with Crippen LogP contribution in [-0.2, 0) is 14.2 Å². The molecule has 1 aliphatic rings. The Kier molecular flexibility index (Phi) is 6.51. The summed E-state index contributed by atoms with van der Waals surface area (Å²) in [5, 5.41) is 0. The van der Waals surface area contributed by atoms with Gasteiger partial charge in [0.1, 0.15) is 0 Å². The number of primary amides is 1. The van der Waals surface area contributed by atoms with Gasteiger partial charge in [0.2, 0.25) is 0 Å². The van der Waals surface area contributed by atoms with Crippen molar-refractivity contribution in [2.75, 3.05) is 13.2 Å². The molecule has 2 N–H and O–H groups in total. The first-order valence-corrected chi connectivity index (χ1v) is 6.87. The minimum Gasteiger partial charge on any atom is -0.450 e. The fourth-order valence-electron chi connectivity index (χ4n) is 2.11. The van der Waals surface area contributed by atoms with E-state index in [0.717, 1.165) is 0 Å². The lowest BCUT2D eigenvalue weighted by Gasteiger charge is -2.31. The van der Waals surface area contributed by atoms with Crippen molar-refractivity contribution in [3.63, 3.8) is 0 Å². The number of carbonyl (C=O) groups excluding carboxylic acids is 1.